The van der Waals surface area contributed by atoms with Crippen molar-refractivity contribution in [1.82, 2.24) is 0 Å². The summed E-state index contributed by atoms with van der Waals surface area (Å²) in [6.45, 7) is 3.68. The molecule has 3 nitrogen and oxygen atoms in total. The molecule has 0 radical (unpaired) electrons. The average molecular weight is 152 g/mol. The first kappa shape index (κ1) is 8.11. The van der Waals surface area contributed by atoms with Crippen LogP contribution in [0.25, 0.3) is 0 Å². The molecule has 1 atom stereocenters. The van der Waals surface area contributed by atoms with Crippen LogP contribution >= 0.6 is 8.25 Å². The number of hydrogen-bond acceptors (Lipinski definition) is 3. The molecule has 0 heterocycles. The highest BCUT2D eigenvalue weighted by molar-refractivity contribution is 7.34. The summed E-state index contributed by atoms with van der Waals surface area (Å²) in [5, 5.41) is 0. The van der Waals surface area contributed by atoms with E-state index >= 15 is 0 Å². The second-order valence-corrected chi connectivity index (χ2v) is 3.48. The summed E-state index contributed by atoms with van der Waals surface area (Å²) in [5.74, 6) is 0. The Balaban J connectivity index is 3.11. The fourth-order valence-corrected chi connectivity index (χ4v) is 0.911. The molecule has 5 heteroatoms. The summed E-state index contributed by atoms with van der Waals surface area (Å²) in [7, 11) is -1.69. The highest BCUT2D eigenvalue weighted by Crippen LogP contribution is 2.20. The van der Waals surface area contributed by atoms with Crippen LogP contribution in [0.15, 0.2) is 12.7 Å². The van der Waals surface area contributed by atoms with E-state index < -0.39 is 8.25 Å². The van der Waals surface area contributed by atoms with Crippen molar-refractivity contribution in [3.63, 3.8) is 0 Å². The van der Waals surface area contributed by atoms with Crippen molar-refractivity contribution < 1.29 is 13.3 Å². The maximum Gasteiger partial charge on any atom is 0.308 e. The minimum atomic E-state index is -2.15. The maximum absolute atomic E-state index is 10.3. The third-order valence-corrected chi connectivity index (χ3v) is 2.22. The van der Waals surface area contributed by atoms with Gasteiger partial charge in [0.25, 0.3) is 0 Å². The zero-order chi connectivity index (χ0) is 6.41. The van der Waals surface area contributed by atoms with E-state index in [1.165, 1.54) is 6.08 Å². The quantitative estimate of drug-likeness (QED) is 0.320. The summed E-state index contributed by atoms with van der Waals surface area (Å²) in [4.78, 5) is 0. The van der Waals surface area contributed by atoms with Gasteiger partial charge in [-0.15, -0.1) is 6.58 Å². The highest BCUT2D eigenvalue weighted by atomic mass is 31.1. The Kier molecular flexibility index (Phi) is 5.32. The maximum atomic E-state index is 10.3. The lowest BCUT2D eigenvalue weighted by atomic mass is 10.7. The molecule has 0 N–H and O–H groups in total. The van der Waals surface area contributed by atoms with Gasteiger partial charge < -0.3 is 8.74 Å². The smallest absolute Gasteiger partial charge is 0.308 e. The Morgan fingerprint density at radius 3 is 2.88 bits per heavy atom. The van der Waals surface area contributed by atoms with Gasteiger partial charge in [0.2, 0.25) is 0 Å². The van der Waals surface area contributed by atoms with Crippen LogP contribution in [-0.2, 0) is 13.3 Å². The minimum absolute atomic E-state index is 0.306. The molecule has 0 rings (SSSR count). The second-order valence-electron chi connectivity index (χ2n) is 1.05. The molecule has 0 saturated heterocycles. The Morgan fingerprint density at radius 1 is 1.88 bits per heavy atom. The zero-order valence-electron chi connectivity index (χ0n) is 4.72. The van der Waals surface area contributed by atoms with Crippen LogP contribution in [0.5, 0.6) is 0 Å². The molecular weight excluding hydrogens is 143 g/mol. The van der Waals surface area contributed by atoms with Gasteiger partial charge in [-0.1, -0.05) is 6.08 Å². The summed E-state index contributed by atoms with van der Waals surface area (Å²) < 4.78 is 19.3. The van der Waals surface area contributed by atoms with E-state index in [1.54, 1.807) is 0 Å². The van der Waals surface area contributed by atoms with Gasteiger partial charge in [-0.05, 0) is 0 Å². The molecular formula is C3H9O3PSi. The second kappa shape index (κ2) is 5.25. The van der Waals surface area contributed by atoms with Crippen LogP contribution in [0.3, 0.4) is 0 Å². The molecule has 0 aromatic carbocycles. The van der Waals surface area contributed by atoms with Crippen molar-refractivity contribution in [3.8, 4) is 0 Å². The Bertz CT molecular complexity index is 94.5. The standard InChI is InChI=1S/C3H9O3PSi/c1-2-3-5-7(4)6-8/h2,7H,1,3H2,8H3. The lowest BCUT2D eigenvalue weighted by Gasteiger charge is -1.95. The molecule has 1 unspecified atom stereocenters. The van der Waals surface area contributed by atoms with Crippen molar-refractivity contribution in [1.29, 1.82) is 0 Å². The molecule has 0 amide bonds. The van der Waals surface area contributed by atoms with Crippen LogP contribution in [0, 0.1) is 0 Å². The summed E-state index contributed by atoms with van der Waals surface area (Å²) >= 11 is 0. The molecule has 0 spiro atoms. The summed E-state index contributed by atoms with van der Waals surface area (Å²) in [6.07, 6.45) is 1.53. The fraction of sp³-hybridized carbons (Fsp3) is 0.333. The van der Waals surface area contributed by atoms with E-state index in [4.69, 9.17) is 0 Å². The third-order valence-electron chi connectivity index (χ3n) is 0.486. The van der Waals surface area contributed by atoms with Crippen molar-refractivity contribution >= 4 is 18.7 Å². The van der Waals surface area contributed by atoms with Crippen LogP contribution in [-0.4, -0.2) is 17.1 Å². The average Bonchev–Trinajstić information content (AvgIpc) is 1.83. The van der Waals surface area contributed by atoms with Crippen molar-refractivity contribution in [2.24, 2.45) is 0 Å². The van der Waals surface area contributed by atoms with Gasteiger partial charge in [-0.2, -0.15) is 0 Å². The molecule has 8 heavy (non-hydrogen) atoms. The van der Waals surface area contributed by atoms with Gasteiger partial charge in [-0.25, -0.2) is 0 Å². The SMILES string of the molecule is C=CCO[PH](=O)O[SiH3]. The van der Waals surface area contributed by atoms with Gasteiger partial charge in [-0.3, -0.25) is 4.57 Å². The van der Waals surface area contributed by atoms with Gasteiger partial charge in [0, 0.05) is 0 Å². The molecule has 0 aromatic heterocycles. The van der Waals surface area contributed by atoms with Crippen molar-refractivity contribution in [2.75, 3.05) is 6.61 Å². The topological polar surface area (TPSA) is 35.5 Å². The Morgan fingerprint density at radius 2 is 2.50 bits per heavy atom. The first-order chi connectivity index (χ1) is 3.81. The lowest BCUT2D eigenvalue weighted by molar-refractivity contribution is 0.324. The van der Waals surface area contributed by atoms with Crippen LogP contribution in [0.4, 0.5) is 0 Å². The molecule has 0 aliphatic heterocycles. The minimum Gasteiger partial charge on any atom is -0.364 e. The van der Waals surface area contributed by atoms with Gasteiger partial charge in [0.15, 0.2) is 10.5 Å². The first-order valence-electron chi connectivity index (χ1n) is 2.13. The number of hydrogen-bond donors (Lipinski definition) is 0. The van der Waals surface area contributed by atoms with Gasteiger partial charge in [0.05, 0.1) is 6.61 Å². The van der Waals surface area contributed by atoms with Crippen LogP contribution in [0.1, 0.15) is 0 Å². The van der Waals surface area contributed by atoms with E-state index in [-0.39, 0.29) is 0 Å². The molecule has 0 aromatic rings. The third kappa shape index (κ3) is 4.27. The summed E-state index contributed by atoms with van der Waals surface area (Å²) in [6, 6.07) is 0. The van der Waals surface area contributed by atoms with E-state index in [1.807, 2.05) is 0 Å². The van der Waals surface area contributed by atoms with Crippen LogP contribution in [0.2, 0.25) is 0 Å². The van der Waals surface area contributed by atoms with Crippen molar-refractivity contribution in [3.05, 3.63) is 12.7 Å². The lowest BCUT2D eigenvalue weighted by Crippen LogP contribution is -1.79. The van der Waals surface area contributed by atoms with E-state index in [0.29, 0.717) is 17.1 Å². The highest BCUT2D eigenvalue weighted by Gasteiger charge is 1.88. The largest absolute Gasteiger partial charge is 0.364 e. The Hall–Kier alpha value is 0.107. The molecule has 0 aliphatic carbocycles. The number of rotatable bonds is 4. The fourth-order valence-electron chi connectivity index (χ4n) is 0.186. The molecule has 0 bridgehead atoms. The van der Waals surface area contributed by atoms with E-state index in [2.05, 4.69) is 15.3 Å². The van der Waals surface area contributed by atoms with Crippen molar-refractivity contribution in [2.45, 2.75) is 0 Å². The monoisotopic (exact) mass is 152 g/mol. The predicted octanol–water partition coefficient (Wildman–Crippen LogP) is -0.124. The van der Waals surface area contributed by atoms with Crippen LogP contribution < -0.4 is 0 Å². The zero-order valence-corrected chi connectivity index (χ0v) is 7.72. The molecule has 0 saturated carbocycles. The van der Waals surface area contributed by atoms with E-state index in [9.17, 15) is 4.57 Å². The van der Waals surface area contributed by atoms with Gasteiger partial charge in [0.1, 0.15) is 0 Å². The summed E-state index contributed by atoms with van der Waals surface area (Å²) in [5.41, 5.74) is 0. The predicted molar refractivity (Wildman–Crippen MR) is 36.2 cm³/mol. The first-order valence-corrected chi connectivity index (χ1v) is 4.17. The van der Waals surface area contributed by atoms with E-state index in [0.717, 1.165) is 0 Å². The molecule has 48 valence electrons. The van der Waals surface area contributed by atoms with Gasteiger partial charge >= 0.3 is 8.25 Å². The molecule has 0 aliphatic rings. The Labute approximate surface area is 52.2 Å². The normalized spacial score (nSPS) is 13.5. The molecule has 0 fully saturated rings.